The van der Waals surface area contributed by atoms with E-state index in [4.69, 9.17) is 0 Å². The summed E-state index contributed by atoms with van der Waals surface area (Å²) in [6, 6.07) is 14.4. The highest BCUT2D eigenvalue weighted by Crippen LogP contribution is 2.20. The maximum Gasteiger partial charge on any atom is 0.243 e. The molecule has 0 saturated carbocycles. The number of piperazine rings is 1. The van der Waals surface area contributed by atoms with Crippen molar-refractivity contribution in [2.75, 3.05) is 19.6 Å². The zero-order valence-electron chi connectivity index (χ0n) is 18.4. The van der Waals surface area contributed by atoms with Gasteiger partial charge in [-0.1, -0.05) is 56.7 Å². The molecule has 31 heavy (non-hydrogen) atoms. The van der Waals surface area contributed by atoms with Crippen molar-refractivity contribution in [3.8, 4) is 0 Å². The van der Waals surface area contributed by atoms with Crippen LogP contribution in [-0.4, -0.2) is 44.3 Å². The second kappa shape index (κ2) is 10.9. The molecule has 1 saturated heterocycles. The van der Waals surface area contributed by atoms with Crippen LogP contribution in [0.1, 0.15) is 43.4 Å². The van der Waals surface area contributed by atoms with Crippen LogP contribution in [0.2, 0.25) is 0 Å². The summed E-state index contributed by atoms with van der Waals surface area (Å²) in [7, 11) is -3.75. The van der Waals surface area contributed by atoms with Crippen LogP contribution in [0.15, 0.2) is 53.4 Å². The van der Waals surface area contributed by atoms with Gasteiger partial charge in [-0.2, -0.15) is 4.31 Å². The van der Waals surface area contributed by atoms with Crippen LogP contribution >= 0.6 is 0 Å². The van der Waals surface area contributed by atoms with Crippen LogP contribution in [0, 0.1) is 0 Å². The lowest BCUT2D eigenvalue weighted by Crippen LogP contribution is -2.59. The molecule has 6 nitrogen and oxygen atoms in total. The average molecular weight is 444 g/mol. The predicted molar refractivity (Wildman–Crippen MR) is 123 cm³/mol. The summed E-state index contributed by atoms with van der Waals surface area (Å²) < 4.78 is 27.8. The Labute approximate surface area is 186 Å². The van der Waals surface area contributed by atoms with E-state index in [0.29, 0.717) is 19.6 Å². The molecule has 0 unspecified atom stereocenters. The fourth-order valence-electron chi connectivity index (χ4n) is 3.74. The molecule has 168 valence electrons. The van der Waals surface area contributed by atoms with Gasteiger partial charge in [0.2, 0.25) is 15.9 Å². The number of amides is 1. The largest absolute Gasteiger partial charge is 0.351 e. The van der Waals surface area contributed by atoms with Gasteiger partial charge in [-0.15, -0.1) is 0 Å². The first kappa shape index (κ1) is 23.4. The number of sulfonamides is 1. The lowest BCUT2D eigenvalue weighted by molar-refractivity contribution is -0.125. The van der Waals surface area contributed by atoms with Crippen LogP contribution in [0.5, 0.6) is 0 Å². The van der Waals surface area contributed by atoms with E-state index in [1.54, 1.807) is 12.1 Å². The zero-order valence-corrected chi connectivity index (χ0v) is 19.2. The van der Waals surface area contributed by atoms with E-state index in [1.807, 2.05) is 31.2 Å². The minimum absolute atomic E-state index is 0.229. The third-order valence-electron chi connectivity index (χ3n) is 5.74. The molecule has 1 fully saturated rings. The first-order valence-corrected chi connectivity index (χ1v) is 12.6. The standard InChI is InChI=1S/C24H33N3O3S/c1-3-5-6-20-7-9-21(10-8-20)17-26-24(28)23-18-25-15-16-27(23)31(29,30)22-13-11-19(4-2)12-14-22/h7-14,23,25H,3-6,15-18H2,1-2H3,(H,26,28)/t23-/m1/s1. The normalized spacial score (nSPS) is 17.4. The summed E-state index contributed by atoms with van der Waals surface area (Å²) in [5, 5.41) is 6.06. The Kier molecular flexibility index (Phi) is 8.23. The Morgan fingerprint density at radius 1 is 1.03 bits per heavy atom. The van der Waals surface area contributed by atoms with E-state index in [9.17, 15) is 13.2 Å². The molecule has 2 N–H and O–H groups in total. The van der Waals surface area contributed by atoms with Gasteiger partial charge in [0.1, 0.15) is 6.04 Å². The van der Waals surface area contributed by atoms with Gasteiger partial charge in [0.05, 0.1) is 4.90 Å². The third kappa shape index (κ3) is 5.93. The summed E-state index contributed by atoms with van der Waals surface area (Å²) in [5.74, 6) is -0.281. The Hall–Kier alpha value is -2.22. The number of carbonyl (C=O) groups excluding carboxylic acids is 1. The molecule has 1 atom stereocenters. The molecule has 1 amide bonds. The van der Waals surface area contributed by atoms with Gasteiger partial charge in [0.15, 0.2) is 0 Å². The van der Waals surface area contributed by atoms with Gasteiger partial charge < -0.3 is 10.6 Å². The van der Waals surface area contributed by atoms with E-state index in [0.717, 1.165) is 36.8 Å². The molecule has 0 aromatic heterocycles. The molecule has 0 radical (unpaired) electrons. The van der Waals surface area contributed by atoms with Crippen LogP contribution in [0.25, 0.3) is 0 Å². The van der Waals surface area contributed by atoms with Gasteiger partial charge >= 0.3 is 0 Å². The van der Waals surface area contributed by atoms with E-state index >= 15 is 0 Å². The summed E-state index contributed by atoms with van der Waals surface area (Å²) in [5.41, 5.74) is 3.37. The number of nitrogens with one attached hydrogen (secondary N) is 2. The van der Waals surface area contributed by atoms with Gasteiger partial charge in [0, 0.05) is 26.2 Å². The van der Waals surface area contributed by atoms with Crippen molar-refractivity contribution in [2.45, 2.75) is 57.0 Å². The van der Waals surface area contributed by atoms with Crippen molar-refractivity contribution in [3.05, 3.63) is 65.2 Å². The molecule has 1 heterocycles. The fourth-order valence-corrected chi connectivity index (χ4v) is 5.33. The number of nitrogens with zero attached hydrogens (tertiary/aromatic N) is 1. The Morgan fingerprint density at radius 2 is 1.68 bits per heavy atom. The molecular formula is C24H33N3O3S. The lowest BCUT2D eigenvalue weighted by atomic mass is 10.1. The summed E-state index contributed by atoms with van der Waals surface area (Å²) in [4.78, 5) is 13.1. The number of carbonyl (C=O) groups is 1. The van der Waals surface area contributed by atoms with Crippen LogP contribution in [0.4, 0.5) is 0 Å². The van der Waals surface area contributed by atoms with Crippen molar-refractivity contribution in [1.29, 1.82) is 0 Å². The molecule has 2 aromatic carbocycles. The highest BCUT2D eigenvalue weighted by atomic mass is 32.2. The number of aryl methyl sites for hydroxylation is 2. The lowest BCUT2D eigenvalue weighted by Gasteiger charge is -2.34. The van der Waals surface area contributed by atoms with Gasteiger partial charge in [0.25, 0.3) is 0 Å². The number of benzene rings is 2. The van der Waals surface area contributed by atoms with Crippen molar-refractivity contribution < 1.29 is 13.2 Å². The van der Waals surface area contributed by atoms with Crippen molar-refractivity contribution >= 4 is 15.9 Å². The average Bonchev–Trinajstić information content (AvgIpc) is 2.82. The maximum atomic E-state index is 13.2. The Balaban J connectivity index is 1.67. The molecule has 3 rings (SSSR count). The minimum Gasteiger partial charge on any atom is -0.351 e. The fraction of sp³-hybridized carbons (Fsp3) is 0.458. The predicted octanol–water partition coefficient (Wildman–Crippen LogP) is 2.87. The molecule has 2 aromatic rings. The molecule has 0 bridgehead atoms. The summed E-state index contributed by atoms with van der Waals surface area (Å²) in [6.07, 6.45) is 4.23. The number of unbranched alkanes of at least 4 members (excludes halogenated alkanes) is 1. The van der Waals surface area contributed by atoms with Gasteiger partial charge in [-0.05, 0) is 48.1 Å². The maximum absolute atomic E-state index is 13.2. The Morgan fingerprint density at radius 3 is 2.32 bits per heavy atom. The van der Waals surface area contributed by atoms with Crippen molar-refractivity contribution in [3.63, 3.8) is 0 Å². The number of hydrogen-bond donors (Lipinski definition) is 2. The SMILES string of the molecule is CCCCc1ccc(CNC(=O)[C@H]2CNCCN2S(=O)(=O)c2ccc(CC)cc2)cc1. The minimum atomic E-state index is -3.75. The van der Waals surface area contributed by atoms with E-state index in [-0.39, 0.29) is 17.3 Å². The molecule has 1 aliphatic heterocycles. The molecular weight excluding hydrogens is 410 g/mol. The second-order valence-electron chi connectivity index (χ2n) is 7.97. The number of rotatable bonds is 9. The molecule has 0 spiro atoms. The van der Waals surface area contributed by atoms with Crippen molar-refractivity contribution in [1.82, 2.24) is 14.9 Å². The first-order valence-electron chi connectivity index (χ1n) is 11.1. The van der Waals surface area contributed by atoms with E-state index < -0.39 is 16.1 Å². The summed E-state index contributed by atoms with van der Waals surface area (Å²) >= 11 is 0. The second-order valence-corrected chi connectivity index (χ2v) is 9.86. The zero-order chi connectivity index (χ0) is 22.3. The third-order valence-corrected chi connectivity index (χ3v) is 7.67. The molecule has 0 aliphatic carbocycles. The molecule has 7 heteroatoms. The van der Waals surface area contributed by atoms with Crippen molar-refractivity contribution in [2.24, 2.45) is 0 Å². The van der Waals surface area contributed by atoms with E-state index in [1.165, 1.54) is 9.87 Å². The van der Waals surface area contributed by atoms with Gasteiger partial charge in [-0.3, -0.25) is 4.79 Å². The summed E-state index contributed by atoms with van der Waals surface area (Å²) in [6.45, 7) is 5.67. The van der Waals surface area contributed by atoms with Crippen LogP contribution in [0.3, 0.4) is 0 Å². The first-order chi connectivity index (χ1) is 15.0. The topological polar surface area (TPSA) is 78.5 Å². The Bertz CT molecular complexity index is 957. The van der Waals surface area contributed by atoms with Crippen LogP contribution in [-0.2, 0) is 34.2 Å². The molecule has 1 aliphatic rings. The quantitative estimate of drug-likeness (QED) is 0.625. The highest BCUT2D eigenvalue weighted by Gasteiger charge is 2.37. The van der Waals surface area contributed by atoms with Gasteiger partial charge in [-0.25, -0.2) is 8.42 Å². The number of hydrogen-bond acceptors (Lipinski definition) is 4. The monoisotopic (exact) mass is 443 g/mol. The van der Waals surface area contributed by atoms with E-state index in [2.05, 4.69) is 29.7 Å². The smallest absolute Gasteiger partial charge is 0.243 e. The highest BCUT2D eigenvalue weighted by molar-refractivity contribution is 7.89. The van der Waals surface area contributed by atoms with Crippen LogP contribution < -0.4 is 10.6 Å².